The molecular formula is C20H18N6. The van der Waals surface area contributed by atoms with Crippen LogP contribution < -0.4 is 11.1 Å². The molecule has 0 amide bonds. The largest absolute Gasteiger partial charge is 0.368 e. The van der Waals surface area contributed by atoms with E-state index in [1.807, 2.05) is 62.4 Å². The van der Waals surface area contributed by atoms with Crippen LogP contribution in [-0.2, 0) is 0 Å². The van der Waals surface area contributed by atoms with Gasteiger partial charge in [0, 0.05) is 5.69 Å². The van der Waals surface area contributed by atoms with E-state index in [4.69, 9.17) is 5.73 Å². The van der Waals surface area contributed by atoms with Crippen LogP contribution in [-0.4, -0.2) is 15.0 Å². The Bertz CT molecular complexity index is 1000. The van der Waals surface area contributed by atoms with Gasteiger partial charge in [-0.2, -0.15) is 20.2 Å². The zero-order chi connectivity index (χ0) is 18.5. The molecule has 0 atom stereocenters. The second-order valence-electron chi connectivity index (χ2n) is 5.79. The third kappa shape index (κ3) is 3.84. The number of nitrogen functional groups attached to an aromatic ring is 1. The Labute approximate surface area is 152 Å². The van der Waals surface area contributed by atoms with Crippen LogP contribution in [0.2, 0.25) is 0 Å². The van der Waals surface area contributed by atoms with E-state index in [-0.39, 0.29) is 11.8 Å². The van der Waals surface area contributed by atoms with Crippen molar-refractivity contribution in [2.75, 3.05) is 11.1 Å². The van der Waals surface area contributed by atoms with E-state index in [1.54, 1.807) is 6.08 Å². The van der Waals surface area contributed by atoms with Crippen molar-refractivity contribution in [1.82, 2.24) is 15.0 Å². The zero-order valence-electron chi connectivity index (χ0n) is 14.6. The normalized spacial score (nSPS) is 11.0. The van der Waals surface area contributed by atoms with Crippen LogP contribution in [0, 0.1) is 25.2 Å². The summed E-state index contributed by atoms with van der Waals surface area (Å²) in [5.41, 5.74) is 10.2. The van der Waals surface area contributed by atoms with E-state index in [0.717, 1.165) is 22.4 Å². The maximum absolute atomic E-state index is 9.59. The highest BCUT2D eigenvalue weighted by molar-refractivity contribution is 5.88. The van der Waals surface area contributed by atoms with Crippen LogP contribution in [0.1, 0.15) is 22.5 Å². The standard InChI is InChI=1S/C20H18N6/c1-13-7-6-8-15(14(13)2)11-16(12-21)18-24-19(22)26-20(25-18)23-17-9-4-3-5-10-17/h3-11H,1-2H3,(H3,22,23,24,25,26)/b16-11-. The van der Waals surface area contributed by atoms with Crippen molar-refractivity contribution >= 4 is 29.2 Å². The highest BCUT2D eigenvalue weighted by Gasteiger charge is 2.11. The summed E-state index contributed by atoms with van der Waals surface area (Å²) >= 11 is 0. The highest BCUT2D eigenvalue weighted by Crippen LogP contribution is 2.21. The Balaban J connectivity index is 2.00. The SMILES string of the molecule is Cc1cccc(/C=C(/C#N)c2nc(N)nc(Nc3ccccc3)n2)c1C. The minimum atomic E-state index is 0.0514. The fourth-order valence-electron chi connectivity index (χ4n) is 2.45. The number of aromatic nitrogens is 3. The molecule has 0 saturated heterocycles. The van der Waals surface area contributed by atoms with Crippen molar-refractivity contribution in [3.63, 3.8) is 0 Å². The van der Waals surface area contributed by atoms with Crippen LogP contribution in [0.25, 0.3) is 11.6 Å². The molecule has 6 heteroatoms. The number of hydrogen-bond acceptors (Lipinski definition) is 6. The number of nitrogens with zero attached hydrogens (tertiary/aromatic N) is 4. The molecule has 128 valence electrons. The van der Waals surface area contributed by atoms with E-state index >= 15 is 0 Å². The number of anilines is 3. The minimum Gasteiger partial charge on any atom is -0.368 e. The fraction of sp³-hybridized carbons (Fsp3) is 0.100. The molecule has 0 spiro atoms. The molecule has 0 bridgehead atoms. The molecule has 3 aromatic rings. The Morgan fingerprint density at radius 2 is 1.81 bits per heavy atom. The van der Waals surface area contributed by atoms with Gasteiger partial charge in [-0.15, -0.1) is 0 Å². The van der Waals surface area contributed by atoms with Gasteiger partial charge in [0.25, 0.3) is 0 Å². The lowest BCUT2D eigenvalue weighted by Crippen LogP contribution is -2.06. The topological polar surface area (TPSA) is 101 Å². The van der Waals surface area contributed by atoms with Crippen molar-refractivity contribution in [1.29, 1.82) is 5.26 Å². The fourth-order valence-corrected chi connectivity index (χ4v) is 2.45. The van der Waals surface area contributed by atoms with E-state index in [1.165, 1.54) is 0 Å². The summed E-state index contributed by atoms with van der Waals surface area (Å²) < 4.78 is 0. The molecular weight excluding hydrogens is 324 g/mol. The second kappa shape index (κ2) is 7.45. The van der Waals surface area contributed by atoms with Gasteiger partial charge in [-0.1, -0.05) is 36.4 Å². The van der Waals surface area contributed by atoms with Gasteiger partial charge in [-0.25, -0.2) is 0 Å². The molecule has 0 aliphatic heterocycles. The van der Waals surface area contributed by atoms with E-state index in [0.29, 0.717) is 11.5 Å². The third-order valence-electron chi connectivity index (χ3n) is 3.99. The Hall–Kier alpha value is -3.72. The summed E-state index contributed by atoms with van der Waals surface area (Å²) in [4.78, 5) is 12.6. The Morgan fingerprint density at radius 1 is 1.04 bits per heavy atom. The summed E-state index contributed by atoms with van der Waals surface area (Å²) in [5, 5.41) is 12.7. The number of nitrogens with two attached hydrogens (primary N) is 1. The molecule has 0 aliphatic carbocycles. The van der Waals surface area contributed by atoms with Gasteiger partial charge < -0.3 is 11.1 Å². The van der Waals surface area contributed by atoms with Crippen molar-refractivity contribution < 1.29 is 0 Å². The number of allylic oxidation sites excluding steroid dienone is 1. The van der Waals surface area contributed by atoms with Gasteiger partial charge >= 0.3 is 0 Å². The highest BCUT2D eigenvalue weighted by atomic mass is 15.2. The maximum Gasteiger partial charge on any atom is 0.232 e. The molecule has 3 N–H and O–H groups in total. The lowest BCUT2D eigenvalue weighted by atomic mass is 10.0. The molecule has 6 nitrogen and oxygen atoms in total. The average molecular weight is 342 g/mol. The predicted octanol–water partition coefficient (Wildman–Crippen LogP) is 3.88. The minimum absolute atomic E-state index is 0.0514. The van der Waals surface area contributed by atoms with Crippen LogP contribution >= 0.6 is 0 Å². The molecule has 0 radical (unpaired) electrons. The number of nitriles is 1. The zero-order valence-corrected chi connectivity index (χ0v) is 14.6. The van der Waals surface area contributed by atoms with Crippen LogP contribution in [0.15, 0.2) is 48.5 Å². The predicted molar refractivity (Wildman–Crippen MR) is 103 cm³/mol. The second-order valence-corrected chi connectivity index (χ2v) is 5.79. The Kier molecular flexibility index (Phi) is 4.90. The first kappa shape index (κ1) is 17.1. The van der Waals surface area contributed by atoms with Gasteiger partial charge in [0.2, 0.25) is 11.9 Å². The lowest BCUT2D eigenvalue weighted by molar-refractivity contribution is 1.04. The lowest BCUT2D eigenvalue weighted by Gasteiger charge is -2.08. The first-order valence-electron chi connectivity index (χ1n) is 8.09. The molecule has 0 fully saturated rings. The monoisotopic (exact) mass is 342 g/mol. The van der Waals surface area contributed by atoms with Crippen molar-refractivity contribution in [3.05, 3.63) is 71.0 Å². The molecule has 3 rings (SSSR count). The van der Waals surface area contributed by atoms with Gasteiger partial charge in [0.05, 0.1) is 5.57 Å². The number of benzene rings is 2. The van der Waals surface area contributed by atoms with Crippen LogP contribution in [0.3, 0.4) is 0 Å². The molecule has 2 aromatic carbocycles. The number of rotatable bonds is 4. The smallest absolute Gasteiger partial charge is 0.232 e. The van der Waals surface area contributed by atoms with Gasteiger partial charge in [0.15, 0.2) is 5.82 Å². The van der Waals surface area contributed by atoms with Gasteiger partial charge in [-0.05, 0) is 48.7 Å². The first-order chi connectivity index (χ1) is 12.6. The molecule has 1 aromatic heterocycles. The van der Waals surface area contributed by atoms with Gasteiger partial charge in [0.1, 0.15) is 6.07 Å². The van der Waals surface area contributed by atoms with Crippen molar-refractivity contribution in [2.24, 2.45) is 0 Å². The molecule has 0 aliphatic rings. The van der Waals surface area contributed by atoms with Gasteiger partial charge in [-0.3, -0.25) is 0 Å². The summed E-state index contributed by atoms with van der Waals surface area (Å²) in [7, 11) is 0. The molecule has 0 saturated carbocycles. The number of nitrogens with one attached hydrogen (secondary N) is 1. The average Bonchev–Trinajstić information content (AvgIpc) is 2.63. The van der Waals surface area contributed by atoms with E-state index in [2.05, 4.69) is 26.3 Å². The Morgan fingerprint density at radius 3 is 2.54 bits per heavy atom. The maximum atomic E-state index is 9.59. The number of hydrogen-bond donors (Lipinski definition) is 2. The molecule has 0 unspecified atom stereocenters. The van der Waals surface area contributed by atoms with Crippen LogP contribution in [0.5, 0.6) is 0 Å². The summed E-state index contributed by atoms with van der Waals surface area (Å²) in [6, 6.07) is 17.6. The number of para-hydroxylation sites is 1. The number of aryl methyl sites for hydroxylation is 1. The van der Waals surface area contributed by atoms with Crippen molar-refractivity contribution in [2.45, 2.75) is 13.8 Å². The third-order valence-corrected chi connectivity index (χ3v) is 3.99. The van der Waals surface area contributed by atoms with E-state index < -0.39 is 0 Å². The van der Waals surface area contributed by atoms with Crippen molar-refractivity contribution in [3.8, 4) is 6.07 Å². The molecule has 1 heterocycles. The summed E-state index contributed by atoms with van der Waals surface area (Å²) in [6.07, 6.45) is 1.77. The summed E-state index contributed by atoms with van der Waals surface area (Å²) in [5.74, 6) is 0.579. The quantitative estimate of drug-likeness (QED) is 0.698. The van der Waals surface area contributed by atoms with E-state index in [9.17, 15) is 5.26 Å². The summed E-state index contributed by atoms with van der Waals surface area (Å²) in [6.45, 7) is 4.04. The van der Waals surface area contributed by atoms with Crippen LogP contribution in [0.4, 0.5) is 17.6 Å². The first-order valence-corrected chi connectivity index (χ1v) is 8.09. The molecule has 26 heavy (non-hydrogen) atoms.